The van der Waals surface area contributed by atoms with E-state index in [1.807, 2.05) is 19.1 Å². The molecule has 104 valence electrons. The van der Waals surface area contributed by atoms with E-state index < -0.39 is 0 Å². The fourth-order valence-corrected chi connectivity index (χ4v) is 2.79. The molecule has 0 spiro atoms. The number of fused-ring (bicyclic) bond motifs is 1. The third-order valence-electron chi connectivity index (χ3n) is 3.66. The Morgan fingerprint density at radius 3 is 2.89 bits per heavy atom. The first kappa shape index (κ1) is 14.2. The molecule has 1 aromatic carbocycles. The van der Waals surface area contributed by atoms with Crippen LogP contribution in [0.1, 0.15) is 37.3 Å². The molecule has 0 bridgehead atoms. The second kappa shape index (κ2) is 6.80. The van der Waals surface area contributed by atoms with Crippen LogP contribution in [-0.4, -0.2) is 18.0 Å². The highest BCUT2D eigenvalue weighted by Gasteiger charge is 2.15. The third-order valence-corrected chi connectivity index (χ3v) is 4.03. The van der Waals surface area contributed by atoms with E-state index in [4.69, 9.17) is 11.6 Å². The van der Waals surface area contributed by atoms with Gasteiger partial charge in [-0.05, 0) is 49.3 Å². The SMILES string of the molecule is CCC(CCl)NC(=O)Nc1cccc2c1CCCC2. The topological polar surface area (TPSA) is 41.1 Å². The fourth-order valence-electron chi connectivity index (χ4n) is 2.49. The molecule has 0 saturated heterocycles. The number of alkyl halides is 1. The maximum atomic E-state index is 11.9. The van der Waals surface area contributed by atoms with Crippen molar-refractivity contribution < 1.29 is 4.79 Å². The van der Waals surface area contributed by atoms with Gasteiger partial charge < -0.3 is 10.6 Å². The lowest BCUT2D eigenvalue weighted by molar-refractivity contribution is 0.249. The molecule has 0 aliphatic heterocycles. The highest BCUT2D eigenvalue weighted by atomic mass is 35.5. The van der Waals surface area contributed by atoms with E-state index in [9.17, 15) is 4.79 Å². The zero-order valence-corrected chi connectivity index (χ0v) is 12.1. The Kier molecular flexibility index (Phi) is 5.08. The number of hydrogen-bond donors (Lipinski definition) is 2. The van der Waals surface area contributed by atoms with E-state index >= 15 is 0 Å². The summed E-state index contributed by atoms with van der Waals surface area (Å²) in [6, 6.07) is 6.02. The van der Waals surface area contributed by atoms with Crippen LogP contribution >= 0.6 is 11.6 Å². The lowest BCUT2D eigenvalue weighted by Crippen LogP contribution is -2.38. The molecule has 0 fully saturated rings. The van der Waals surface area contributed by atoms with Gasteiger partial charge in [0.15, 0.2) is 0 Å². The lowest BCUT2D eigenvalue weighted by atomic mass is 9.90. The second-order valence-corrected chi connectivity index (χ2v) is 5.32. The molecule has 2 N–H and O–H groups in total. The molecular formula is C15H21ClN2O. The number of carbonyl (C=O) groups is 1. The largest absolute Gasteiger partial charge is 0.334 e. The van der Waals surface area contributed by atoms with Crippen molar-refractivity contribution in [2.75, 3.05) is 11.2 Å². The van der Waals surface area contributed by atoms with Gasteiger partial charge in [-0.1, -0.05) is 19.1 Å². The van der Waals surface area contributed by atoms with Crippen molar-refractivity contribution in [1.82, 2.24) is 5.32 Å². The van der Waals surface area contributed by atoms with Crippen molar-refractivity contribution in [3.8, 4) is 0 Å². The van der Waals surface area contributed by atoms with E-state index in [2.05, 4.69) is 16.7 Å². The summed E-state index contributed by atoms with van der Waals surface area (Å²) in [5, 5.41) is 5.85. The first-order valence-electron chi connectivity index (χ1n) is 6.98. The number of anilines is 1. The molecule has 0 saturated carbocycles. The van der Waals surface area contributed by atoms with Crippen LogP contribution in [-0.2, 0) is 12.8 Å². The van der Waals surface area contributed by atoms with Crippen molar-refractivity contribution in [1.29, 1.82) is 0 Å². The van der Waals surface area contributed by atoms with Crippen LogP contribution in [0.15, 0.2) is 18.2 Å². The molecule has 0 aromatic heterocycles. The molecule has 2 amide bonds. The van der Waals surface area contributed by atoms with Gasteiger partial charge in [0.25, 0.3) is 0 Å². The van der Waals surface area contributed by atoms with Crippen molar-refractivity contribution in [3.63, 3.8) is 0 Å². The first-order valence-corrected chi connectivity index (χ1v) is 7.52. The molecule has 1 aromatic rings. The minimum Gasteiger partial charge on any atom is -0.334 e. The van der Waals surface area contributed by atoms with E-state index in [0.29, 0.717) is 5.88 Å². The molecule has 0 radical (unpaired) electrons. The number of amides is 2. The van der Waals surface area contributed by atoms with Crippen LogP contribution in [0.5, 0.6) is 0 Å². The molecule has 1 aliphatic carbocycles. The van der Waals surface area contributed by atoms with Crippen LogP contribution in [0.3, 0.4) is 0 Å². The van der Waals surface area contributed by atoms with Crippen LogP contribution in [0.25, 0.3) is 0 Å². The summed E-state index contributed by atoms with van der Waals surface area (Å²) < 4.78 is 0. The number of rotatable bonds is 4. The first-order chi connectivity index (χ1) is 9.24. The van der Waals surface area contributed by atoms with Gasteiger partial charge in [0, 0.05) is 17.6 Å². The van der Waals surface area contributed by atoms with Crippen molar-refractivity contribution >= 4 is 23.3 Å². The quantitative estimate of drug-likeness (QED) is 0.811. The number of urea groups is 1. The van der Waals surface area contributed by atoms with E-state index in [-0.39, 0.29) is 12.1 Å². The summed E-state index contributed by atoms with van der Waals surface area (Å²) in [4.78, 5) is 11.9. The van der Waals surface area contributed by atoms with Crippen molar-refractivity contribution in [2.45, 2.75) is 45.1 Å². The minimum atomic E-state index is -0.161. The van der Waals surface area contributed by atoms with Gasteiger partial charge in [-0.3, -0.25) is 0 Å². The van der Waals surface area contributed by atoms with Crippen LogP contribution < -0.4 is 10.6 Å². The Hall–Kier alpha value is -1.22. The summed E-state index contributed by atoms with van der Waals surface area (Å²) >= 11 is 5.79. The average Bonchev–Trinajstić information content (AvgIpc) is 2.45. The Morgan fingerprint density at radius 1 is 1.37 bits per heavy atom. The number of nitrogens with one attached hydrogen (secondary N) is 2. The number of aryl methyl sites for hydroxylation is 1. The molecule has 4 heteroatoms. The predicted molar refractivity (Wildman–Crippen MR) is 80.0 cm³/mol. The summed E-state index contributed by atoms with van der Waals surface area (Å²) in [5.41, 5.74) is 3.61. The Labute approximate surface area is 119 Å². The van der Waals surface area contributed by atoms with Gasteiger partial charge in [0.05, 0.1) is 0 Å². The monoisotopic (exact) mass is 280 g/mol. The summed E-state index contributed by atoms with van der Waals surface area (Å²) in [7, 11) is 0. The highest BCUT2D eigenvalue weighted by molar-refractivity contribution is 6.18. The summed E-state index contributed by atoms with van der Waals surface area (Å²) in [6.07, 6.45) is 5.45. The zero-order chi connectivity index (χ0) is 13.7. The molecular weight excluding hydrogens is 260 g/mol. The zero-order valence-electron chi connectivity index (χ0n) is 11.3. The van der Waals surface area contributed by atoms with Crippen molar-refractivity contribution in [2.24, 2.45) is 0 Å². The predicted octanol–water partition coefficient (Wildman–Crippen LogP) is 3.70. The average molecular weight is 281 g/mol. The third kappa shape index (κ3) is 3.63. The van der Waals surface area contributed by atoms with Gasteiger partial charge >= 0.3 is 6.03 Å². The van der Waals surface area contributed by atoms with E-state index in [0.717, 1.165) is 24.9 Å². The molecule has 1 aliphatic rings. The van der Waals surface area contributed by atoms with Crippen molar-refractivity contribution in [3.05, 3.63) is 29.3 Å². The maximum Gasteiger partial charge on any atom is 0.319 e. The number of carbonyl (C=O) groups excluding carboxylic acids is 1. The van der Waals surface area contributed by atoms with Gasteiger partial charge in [0.1, 0.15) is 0 Å². The molecule has 19 heavy (non-hydrogen) atoms. The number of benzene rings is 1. The molecule has 2 rings (SSSR count). The molecule has 1 unspecified atom stereocenters. The molecule has 0 heterocycles. The number of halogens is 1. The normalized spacial score (nSPS) is 15.5. The highest BCUT2D eigenvalue weighted by Crippen LogP contribution is 2.27. The second-order valence-electron chi connectivity index (χ2n) is 5.01. The maximum absolute atomic E-state index is 11.9. The van der Waals surface area contributed by atoms with Gasteiger partial charge in [-0.2, -0.15) is 0 Å². The Bertz CT molecular complexity index is 444. The Balaban J connectivity index is 2.05. The standard InChI is InChI=1S/C15H21ClN2O/c1-2-12(10-16)17-15(19)18-14-9-5-7-11-6-3-4-8-13(11)14/h5,7,9,12H,2-4,6,8,10H2,1H3,(H2,17,18,19). The van der Waals surface area contributed by atoms with Gasteiger partial charge in [-0.25, -0.2) is 4.79 Å². The smallest absolute Gasteiger partial charge is 0.319 e. The lowest BCUT2D eigenvalue weighted by Gasteiger charge is -2.21. The van der Waals surface area contributed by atoms with Crippen LogP contribution in [0, 0.1) is 0 Å². The molecule has 1 atom stereocenters. The summed E-state index contributed by atoms with van der Waals surface area (Å²) in [5.74, 6) is 0.441. The number of hydrogen-bond acceptors (Lipinski definition) is 1. The fraction of sp³-hybridized carbons (Fsp3) is 0.533. The minimum absolute atomic E-state index is 0.0289. The molecule has 3 nitrogen and oxygen atoms in total. The van der Waals surface area contributed by atoms with Gasteiger partial charge in [0.2, 0.25) is 0 Å². The Morgan fingerprint density at radius 2 is 2.16 bits per heavy atom. The van der Waals surface area contributed by atoms with Gasteiger partial charge in [-0.15, -0.1) is 11.6 Å². The van der Waals surface area contributed by atoms with Crippen LogP contribution in [0.2, 0.25) is 0 Å². The van der Waals surface area contributed by atoms with E-state index in [1.165, 1.54) is 24.0 Å². The summed E-state index contributed by atoms with van der Waals surface area (Å²) in [6.45, 7) is 2.01. The van der Waals surface area contributed by atoms with Crippen LogP contribution in [0.4, 0.5) is 10.5 Å². The van der Waals surface area contributed by atoms with E-state index in [1.54, 1.807) is 0 Å².